The normalized spacial score (nSPS) is 12.8. The van der Waals surface area contributed by atoms with Gasteiger partial charge in [0.05, 0.1) is 12.0 Å². The van der Waals surface area contributed by atoms with Crippen molar-refractivity contribution in [3.8, 4) is 0 Å². The van der Waals surface area contributed by atoms with E-state index in [4.69, 9.17) is 4.74 Å². The van der Waals surface area contributed by atoms with Crippen molar-refractivity contribution in [2.75, 3.05) is 24.5 Å². The summed E-state index contributed by atoms with van der Waals surface area (Å²) in [4.78, 5) is 25.6. The van der Waals surface area contributed by atoms with E-state index in [1.807, 2.05) is 6.33 Å². The van der Waals surface area contributed by atoms with Gasteiger partial charge in [-0.3, -0.25) is 4.90 Å². The van der Waals surface area contributed by atoms with Crippen LogP contribution in [0, 0.1) is 0 Å². The van der Waals surface area contributed by atoms with Crippen LogP contribution in [-0.2, 0) is 11.3 Å². The smallest absolute Gasteiger partial charge is 0.181 e. The fourth-order valence-electron chi connectivity index (χ4n) is 3.63. The van der Waals surface area contributed by atoms with Crippen molar-refractivity contribution in [2.45, 2.75) is 41.3 Å². The summed E-state index contributed by atoms with van der Waals surface area (Å²) >= 11 is 3.40. The Labute approximate surface area is 194 Å². The van der Waals surface area contributed by atoms with Gasteiger partial charge in [-0.25, -0.2) is 24.9 Å². The highest BCUT2D eigenvalue weighted by molar-refractivity contribution is 7.99. The van der Waals surface area contributed by atoms with E-state index in [2.05, 4.69) is 59.5 Å². The lowest BCUT2D eigenvalue weighted by Gasteiger charge is -2.30. The zero-order valence-electron chi connectivity index (χ0n) is 17.9. The van der Waals surface area contributed by atoms with Crippen molar-refractivity contribution in [3.05, 3.63) is 48.8 Å². The first-order chi connectivity index (χ1) is 15.8. The Bertz CT molecular complexity index is 1250. The van der Waals surface area contributed by atoms with Crippen LogP contribution in [0.3, 0.4) is 0 Å². The number of hydrogen-bond acceptors (Lipinski definition) is 9. The molecule has 1 aliphatic rings. The van der Waals surface area contributed by atoms with Gasteiger partial charge in [0.15, 0.2) is 11.5 Å². The fourth-order valence-corrected chi connectivity index (χ4v) is 5.71. The Hall–Kier alpha value is -2.69. The van der Waals surface area contributed by atoms with Gasteiger partial charge < -0.3 is 9.30 Å². The average Bonchev–Trinajstić information content (AvgIpc) is 3.23. The lowest BCUT2D eigenvalue weighted by Crippen LogP contribution is -2.24. The number of benzene rings is 1. The number of rotatable bonds is 8. The van der Waals surface area contributed by atoms with E-state index < -0.39 is 0 Å². The largest absolute Gasteiger partial charge is 0.364 e. The molecule has 0 atom stereocenters. The van der Waals surface area contributed by atoms with Crippen molar-refractivity contribution in [3.63, 3.8) is 0 Å². The molecule has 1 aliphatic heterocycles. The van der Waals surface area contributed by atoms with E-state index in [1.54, 1.807) is 49.4 Å². The molecule has 0 aliphatic carbocycles. The molecule has 0 N–H and O–H groups in total. The number of fused-ring (bicyclic) bond motifs is 3. The summed E-state index contributed by atoms with van der Waals surface area (Å²) in [5.41, 5.74) is 3.95. The van der Waals surface area contributed by atoms with Crippen molar-refractivity contribution in [1.29, 1.82) is 0 Å². The van der Waals surface area contributed by atoms with Crippen molar-refractivity contribution < 1.29 is 4.74 Å². The third-order valence-electron chi connectivity index (χ3n) is 5.15. The maximum atomic E-state index is 5.48. The number of imidazole rings is 1. The highest BCUT2D eigenvalue weighted by Crippen LogP contribution is 2.46. The summed E-state index contributed by atoms with van der Waals surface area (Å²) in [6.45, 7) is 3.28. The molecule has 164 valence electrons. The Morgan fingerprint density at radius 3 is 2.88 bits per heavy atom. The summed E-state index contributed by atoms with van der Waals surface area (Å²) in [6.07, 6.45) is 9.21. The van der Waals surface area contributed by atoms with Crippen LogP contribution in [0.1, 0.15) is 25.3 Å². The van der Waals surface area contributed by atoms with Crippen LogP contribution in [0.5, 0.6) is 0 Å². The second kappa shape index (κ2) is 9.43. The molecule has 0 spiro atoms. The van der Waals surface area contributed by atoms with Crippen LogP contribution in [0.25, 0.3) is 11.2 Å². The summed E-state index contributed by atoms with van der Waals surface area (Å²) in [7, 11) is 1.69. The minimum atomic E-state index is 0.406. The van der Waals surface area contributed by atoms with Gasteiger partial charge in [-0.05, 0) is 29.9 Å². The number of anilines is 2. The monoisotopic (exact) mass is 465 g/mol. The SMILES string of the molecule is CCCCSc1ncnc2ncn(Cc3ccc4c(c3)N(COC)c3nccnc3S4)c12. The lowest BCUT2D eigenvalue weighted by atomic mass is 10.1. The third kappa shape index (κ3) is 4.05. The zero-order chi connectivity index (χ0) is 21.9. The second-order valence-corrected chi connectivity index (χ2v) is 9.47. The van der Waals surface area contributed by atoms with Gasteiger partial charge in [-0.15, -0.1) is 11.8 Å². The van der Waals surface area contributed by atoms with Gasteiger partial charge in [0, 0.05) is 30.9 Å². The predicted molar refractivity (Wildman–Crippen MR) is 127 cm³/mol. The molecule has 0 unspecified atom stereocenters. The molecule has 0 saturated heterocycles. The van der Waals surface area contributed by atoms with E-state index in [1.165, 1.54) is 6.42 Å². The van der Waals surface area contributed by atoms with E-state index in [9.17, 15) is 0 Å². The van der Waals surface area contributed by atoms with E-state index in [0.717, 1.165) is 55.4 Å². The van der Waals surface area contributed by atoms with Crippen LogP contribution in [0.15, 0.2) is 58.2 Å². The molecule has 8 nitrogen and oxygen atoms in total. The Kier molecular flexibility index (Phi) is 6.24. The van der Waals surface area contributed by atoms with Gasteiger partial charge in [-0.2, -0.15) is 0 Å². The molecule has 1 aromatic carbocycles. The first-order valence-corrected chi connectivity index (χ1v) is 12.3. The number of aromatic nitrogens is 6. The molecule has 10 heteroatoms. The van der Waals surface area contributed by atoms with Gasteiger partial charge in [0.25, 0.3) is 0 Å². The number of ether oxygens (including phenoxy) is 1. The molecule has 0 radical (unpaired) electrons. The molecular formula is C22H23N7OS2. The van der Waals surface area contributed by atoms with Gasteiger partial charge >= 0.3 is 0 Å². The molecule has 32 heavy (non-hydrogen) atoms. The average molecular weight is 466 g/mol. The van der Waals surface area contributed by atoms with E-state index >= 15 is 0 Å². The first-order valence-electron chi connectivity index (χ1n) is 10.5. The first kappa shape index (κ1) is 21.2. The zero-order valence-corrected chi connectivity index (χ0v) is 19.6. The fraction of sp³-hybridized carbons (Fsp3) is 0.318. The van der Waals surface area contributed by atoms with Gasteiger partial charge in [-0.1, -0.05) is 31.2 Å². The number of thioether (sulfide) groups is 1. The third-order valence-corrected chi connectivity index (χ3v) is 7.26. The van der Waals surface area contributed by atoms with Crippen molar-refractivity contribution in [1.82, 2.24) is 29.5 Å². The summed E-state index contributed by atoms with van der Waals surface area (Å²) in [5.74, 6) is 1.86. The van der Waals surface area contributed by atoms with E-state index in [0.29, 0.717) is 13.3 Å². The van der Waals surface area contributed by atoms with Crippen LogP contribution in [-0.4, -0.2) is 49.1 Å². The number of unbranched alkanes of at least 4 members (excludes halogenated alkanes) is 1. The Balaban J connectivity index is 1.48. The van der Waals surface area contributed by atoms with Gasteiger partial charge in [0.2, 0.25) is 0 Å². The molecule has 4 aromatic rings. The van der Waals surface area contributed by atoms with Crippen molar-refractivity contribution >= 4 is 46.2 Å². The van der Waals surface area contributed by atoms with Crippen molar-refractivity contribution in [2.24, 2.45) is 0 Å². The number of methoxy groups -OCH3 is 1. The van der Waals surface area contributed by atoms with Crippen LogP contribution in [0.4, 0.5) is 11.5 Å². The molecule has 5 rings (SSSR count). The number of nitrogens with zero attached hydrogens (tertiary/aromatic N) is 7. The lowest BCUT2D eigenvalue weighted by molar-refractivity contribution is 0.204. The van der Waals surface area contributed by atoms with Crippen LogP contribution >= 0.6 is 23.5 Å². The highest BCUT2D eigenvalue weighted by atomic mass is 32.2. The second-order valence-electron chi connectivity index (χ2n) is 7.36. The highest BCUT2D eigenvalue weighted by Gasteiger charge is 2.26. The van der Waals surface area contributed by atoms with Crippen LogP contribution in [0.2, 0.25) is 0 Å². The Morgan fingerprint density at radius 1 is 1.09 bits per heavy atom. The minimum absolute atomic E-state index is 0.406. The molecular weight excluding hydrogens is 442 g/mol. The molecule has 0 amide bonds. The quantitative estimate of drug-likeness (QED) is 0.208. The van der Waals surface area contributed by atoms with Crippen LogP contribution < -0.4 is 4.90 Å². The van der Waals surface area contributed by atoms with E-state index in [-0.39, 0.29) is 0 Å². The maximum Gasteiger partial charge on any atom is 0.181 e. The molecule has 0 bridgehead atoms. The standard InChI is InChI=1S/C22H23N7OS2/c1-3-4-9-31-21-18-19(25-12-26-21)27-13-28(18)11-15-5-6-17-16(10-15)29(14-30-2)20-22(32-17)24-8-7-23-20/h5-8,10,12-13H,3-4,9,11,14H2,1-2H3. The predicted octanol–water partition coefficient (Wildman–Crippen LogP) is 4.76. The molecule has 0 fully saturated rings. The summed E-state index contributed by atoms with van der Waals surface area (Å²) in [5, 5.41) is 1.87. The summed E-state index contributed by atoms with van der Waals surface area (Å²) < 4.78 is 7.61. The molecule has 4 heterocycles. The maximum absolute atomic E-state index is 5.48. The molecule has 0 saturated carbocycles. The number of hydrogen-bond donors (Lipinski definition) is 0. The summed E-state index contributed by atoms with van der Waals surface area (Å²) in [6, 6.07) is 6.48. The Morgan fingerprint density at radius 2 is 2.00 bits per heavy atom. The minimum Gasteiger partial charge on any atom is -0.364 e. The topological polar surface area (TPSA) is 81.9 Å². The molecule has 3 aromatic heterocycles. The van der Waals surface area contributed by atoms with Gasteiger partial charge in [0.1, 0.15) is 28.6 Å².